The summed E-state index contributed by atoms with van der Waals surface area (Å²) in [4.78, 5) is 28.8. The van der Waals surface area contributed by atoms with Gasteiger partial charge < -0.3 is 23.5 Å². The Balaban J connectivity index is 1.54. The van der Waals surface area contributed by atoms with Crippen molar-refractivity contribution in [2.75, 3.05) is 41.5 Å². The summed E-state index contributed by atoms with van der Waals surface area (Å²) in [5.41, 5.74) is 3.22. The lowest BCUT2D eigenvalue weighted by Crippen LogP contribution is -2.29. The van der Waals surface area contributed by atoms with Gasteiger partial charge in [0.15, 0.2) is 5.78 Å². The number of benzene rings is 4. The van der Waals surface area contributed by atoms with Crippen molar-refractivity contribution >= 4 is 32.5 Å². The first-order valence-electron chi connectivity index (χ1n) is 16.9. The number of ketones is 2. The van der Waals surface area contributed by atoms with E-state index in [2.05, 4.69) is 6.92 Å². The third kappa shape index (κ3) is 6.59. The molecule has 10 nitrogen and oxygen atoms in total. The number of fused-ring (bicyclic) bond motifs is 1. The van der Waals surface area contributed by atoms with Gasteiger partial charge in [-0.15, -0.1) is 0 Å². The molecule has 0 spiro atoms. The van der Waals surface area contributed by atoms with Gasteiger partial charge in [-0.2, -0.15) is 4.31 Å². The zero-order chi connectivity index (χ0) is 36.3. The van der Waals surface area contributed by atoms with Crippen LogP contribution in [0, 0.1) is 0 Å². The molecule has 0 saturated carbocycles. The SMILES string of the molecule is CCCCn1c(C(=O)c2ccccc2OC)c(C2CCN(S(=O)(=O)c3cc(OC)ccc3OC)C2)c2cc(C(=O)c3ccccc3OC)ccc21. The van der Waals surface area contributed by atoms with Gasteiger partial charge in [0.1, 0.15) is 27.9 Å². The summed E-state index contributed by atoms with van der Waals surface area (Å²) in [7, 11) is 1.93. The molecule has 1 atom stereocenters. The largest absolute Gasteiger partial charge is 0.497 e. The maximum Gasteiger partial charge on any atom is 0.246 e. The van der Waals surface area contributed by atoms with Gasteiger partial charge in [-0.05, 0) is 73.0 Å². The van der Waals surface area contributed by atoms with E-state index in [0.717, 1.165) is 23.7 Å². The molecule has 0 N–H and O–H groups in total. The third-order valence-electron chi connectivity index (χ3n) is 9.57. The number of sulfonamides is 1. The number of rotatable bonds is 14. The molecular formula is C40H42N2O8S. The zero-order valence-corrected chi connectivity index (χ0v) is 30.3. The lowest BCUT2D eigenvalue weighted by Gasteiger charge is -2.20. The molecule has 0 bridgehead atoms. The van der Waals surface area contributed by atoms with Gasteiger partial charge in [0.2, 0.25) is 15.8 Å². The molecule has 1 unspecified atom stereocenters. The average Bonchev–Trinajstić information content (AvgIpc) is 3.79. The van der Waals surface area contributed by atoms with Crippen LogP contribution in [0.1, 0.15) is 69.6 Å². The highest BCUT2D eigenvalue weighted by Crippen LogP contribution is 2.42. The fraction of sp³-hybridized carbons (Fsp3) is 0.300. The summed E-state index contributed by atoms with van der Waals surface area (Å²) in [6, 6.07) is 24.4. The molecule has 1 aromatic heterocycles. The number of hydrogen-bond donors (Lipinski definition) is 0. The summed E-state index contributed by atoms with van der Waals surface area (Å²) in [6.07, 6.45) is 2.15. The number of para-hydroxylation sites is 2. The minimum atomic E-state index is -4.03. The van der Waals surface area contributed by atoms with Crippen LogP contribution in [0.3, 0.4) is 0 Å². The monoisotopic (exact) mass is 710 g/mol. The van der Waals surface area contributed by atoms with E-state index in [9.17, 15) is 18.0 Å². The molecule has 0 aliphatic carbocycles. The van der Waals surface area contributed by atoms with Crippen molar-refractivity contribution in [2.24, 2.45) is 0 Å². The highest BCUT2D eigenvalue weighted by atomic mass is 32.2. The van der Waals surface area contributed by atoms with Gasteiger partial charge in [-0.1, -0.05) is 37.6 Å². The molecule has 1 aliphatic rings. The highest BCUT2D eigenvalue weighted by Gasteiger charge is 2.39. The normalized spacial score (nSPS) is 14.8. The lowest BCUT2D eigenvalue weighted by atomic mass is 9.91. The van der Waals surface area contributed by atoms with E-state index in [4.69, 9.17) is 18.9 Å². The number of methoxy groups -OCH3 is 4. The van der Waals surface area contributed by atoms with Gasteiger partial charge in [-0.3, -0.25) is 9.59 Å². The van der Waals surface area contributed by atoms with Gasteiger partial charge in [0.25, 0.3) is 0 Å². The summed E-state index contributed by atoms with van der Waals surface area (Å²) in [5.74, 6) is 0.673. The second-order valence-electron chi connectivity index (χ2n) is 12.4. The number of nitrogens with zero attached hydrogens (tertiary/aromatic N) is 2. The summed E-state index contributed by atoms with van der Waals surface area (Å²) < 4.78 is 53.8. The molecule has 6 rings (SSSR count). The second-order valence-corrected chi connectivity index (χ2v) is 14.3. The van der Waals surface area contributed by atoms with Crippen molar-refractivity contribution in [1.82, 2.24) is 8.87 Å². The van der Waals surface area contributed by atoms with E-state index in [1.807, 2.05) is 28.8 Å². The number of hydrogen-bond acceptors (Lipinski definition) is 8. The van der Waals surface area contributed by atoms with Crippen LogP contribution in [0.2, 0.25) is 0 Å². The zero-order valence-electron chi connectivity index (χ0n) is 29.5. The van der Waals surface area contributed by atoms with Crippen LogP contribution in [0.25, 0.3) is 10.9 Å². The predicted octanol–water partition coefficient (Wildman–Crippen LogP) is 7.12. The number of aromatic nitrogens is 1. The van der Waals surface area contributed by atoms with Crippen LogP contribution >= 0.6 is 0 Å². The van der Waals surface area contributed by atoms with Crippen molar-refractivity contribution in [1.29, 1.82) is 0 Å². The van der Waals surface area contributed by atoms with Crippen LogP contribution in [-0.4, -0.2) is 70.4 Å². The van der Waals surface area contributed by atoms with Gasteiger partial charge in [0, 0.05) is 48.1 Å². The van der Waals surface area contributed by atoms with Crippen LogP contribution in [0.15, 0.2) is 89.8 Å². The number of carbonyl (C=O) groups excluding carboxylic acids is 2. The van der Waals surface area contributed by atoms with Crippen LogP contribution in [0.4, 0.5) is 0 Å². The Bertz CT molecular complexity index is 2210. The first-order valence-corrected chi connectivity index (χ1v) is 18.4. The molecule has 51 heavy (non-hydrogen) atoms. The molecule has 1 saturated heterocycles. The predicted molar refractivity (Wildman–Crippen MR) is 195 cm³/mol. The molecule has 1 aliphatic heterocycles. The minimum absolute atomic E-state index is 0.00499. The number of unbranched alkanes of at least 4 members (excludes halogenated alkanes) is 1. The van der Waals surface area contributed by atoms with E-state index < -0.39 is 10.0 Å². The van der Waals surface area contributed by atoms with Crippen molar-refractivity contribution < 1.29 is 37.0 Å². The Labute approximate surface area is 298 Å². The lowest BCUT2D eigenvalue weighted by molar-refractivity contribution is 0.102. The quantitative estimate of drug-likeness (QED) is 0.112. The van der Waals surface area contributed by atoms with E-state index in [1.165, 1.54) is 38.8 Å². The number of ether oxygens (including phenoxy) is 4. The Morgan fingerprint density at radius 2 is 1.41 bits per heavy atom. The van der Waals surface area contributed by atoms with E-state index in [0.29, 0.717) is 58.2 Å². The smallest absolute Gasteiger partial charge is 0.246 e. The molecule has 4 aromatic carbocycles. The number of carbonyl (C=O) groups is 2. The average molecular weight is 711 g/mol. The Hall–Kier alpha value is -5.13. The van der Waals surface area contributed by atoms with Crippen LogP contribution < -0.4 is 18.9 Å². The molecule has 2 heterocycles. The van der Waals surface area contributed by atoms with Crippen LogP contribution in [0.5, 0.6) is 23.0 Å². The van der Waals surface area contributed by atoms with Gasteiger partial charge in [-0.25, -0.2) is 8.42 Å². The van der Waals surface area contributed by atoms with Gasteiger partial charge >= 0.3 is 0 Å². The number of aryl methyl sites for hydroxylation is 1. The second kappa shape index (κ2) is 15.0. The molecule has 11 heteroatoms. The topological polar surface area (TPSA) is 113 Å². The Kier molecular flexibility index (Phi) is 10.5. The first-order chi connectivity index (χ1) is 24.7. The molecule has 1 fully saturated rings. The fourth-order valence-electron chi connectivity index (χ4n) is 6.98. The first kappa shape index (κ1) is 35.7. The highest BCUT2D eigenvalue weighted by molar-refractivity contribution is 7.89. The van der Waals surface area contributed by atoms with Crippen molar-refractivity contribution in [3.05, 3.63) is 113 Å². The maximum atomic E-state index is 14.8. The third-order valence-corrected chi connectivity index (χ3v) is 11.5. The molecule has 0 amide bonds. The fourth-order valence-corrected chi connectivity index (χ4v) is 8.65. The Morgan fingerprint density at radius 1 is 0.765 bits per heavy atom. The summed E-state index contributed by atoms with van der Waals surface area (Å²) in [5, 5.41) is 0.730. The standard InChI is InChI=1S/C40H42N2O8S/c1-6-7-21-42-32-18-16-26(39(43)29-12-8-10-14-33(29)48-3)23-31(32)37(38(42)40(44)30-13-9-11-15-34(30)49-4)27-20-22-41(25-27)51(45,46)36-24-28(47-2)17-19-35(36)50-5/h8-19,23-24,27H,6-7,20-22,25H2,1-5H3. The molecule has 0 radical (unpaired) electrons. The van der Waals surface area contributed by atoms with Crippen LogP contribution in [-0.2, 0) is 16.6 Å². The molecular weight excluding hydrogens is 669 g/mol. The van der Waals surface area contributed by atoms with E-state index in [-0.39, 0.29) is 41.2 Å². The summed E-state index contributed by atoms with van der Waals surface area (Å²) >= 11 is 0. The molecule has 266 valence electrons. The maximum absolute atomic E-state index is 14.8. The summed E-state index contributed by atoms with van der Waals surface area (Å²) in [6.45, 7) is 2.98. The van der Waals surface area contributed by atoms with Crippen molar-refractivity contribution in [3.63, 3.8) is 0 Å². The minimum Gasteiger partial charge on any atom is -0.497 e. The van der Waals surface area contributed by atoms with E-state index in [1.54, 1.807) is 54.6 Å². The van der Waals surface area contributed by atoms with Crippen molar-refractivity contribution in [3.8, 4) is 23.0 Å². The Morgan fingerprint density at radius 3 is 2.04 bits per heavy atom. The van der Waals surface area contributed by atoms with Crippen molar-refractivity contribution in [2.45, 2.75) is 43.5 Å². The molecule has 5 aromatic rings. The van der Waals surface area contributed by atoms with E-state index >= 15 is 0 Å². The van der Waals surface area contributed by atoms with Gasteiger partial charge in [0.05, 0.1) is 45.3 Å².